The Morgan fingerprint density at radius 3 is 2.31 bits per heavy atom. The second-order valence-corrected chi connectivity index (χ2v) is 2.80. The van der Waals surface area contributed by atoms with Crippen LogP contribution in [0.4, 0.5) is 0 Å². The van der Waals surface area contributed by atoms with E-state index in [0.717, 1.165) is 7.11 Å². The van der Waals surface area contributed by atoms with Crippen LogP contribution < -0.4 is 5.73 Å². The van der Waals surface area contributed by atoms with E-state index in [2.05, 4.69) is 9.47 Å². The van der Waals surface area contributed by atoms with Crippen LogP contribution in [0.15, 0.2) is 0 Å². The Kier molecular flexibility index (Phi) is 5.96. The summed E-state index contributed by atoms with van der Waals surface area (Å²) in [4.78, 5) is 31.4. The second-order valence-electron chi connectivity index (χ2n) is 2.80. The lowest BCUT2D eigenvalue weighted by Gasteiger charge is -2.09. The van der Waals surface area contributed by atoms with Gasteiger partial charge in [-0.15, -0.1) is 0 Å². The normalized spacial score (nSPS) is 13.7. The summed E-state index contributed by atoms with van der Waals surface area (Å²) in [6.45, 7) is 0. The van der Waals surface area contributed by atoms with E-state index in [-0.39, 0.29) is 0 Å². The topological polar surface area (TPSA) is 142 Å². The third-order valence-electron chi connectivity index (χ3n) is 1.58. The summed E-state index contributed by atoms with van der Waals surface area (Å²) in [5.41, 5.74) is 4.72. The molecule has 92 valence electrons. The summed E-state index contributed by atoms with van der Waals surface area (Å²) in [6.07, 6.45) is -3.06. The van der Waals surface area contributed by atoms with Gasteiger partial charge in [0.15, 0.2) is 0 Å². The molecule has 0 aliphatic carbocycles. The molecule has 0 spiro atoms. The van der Waals surface area contributed by atoms with E-state index in [4.69, 9.17) is 10.8 Å². The van der Waals surface area contributed by atoms with E-state index in [1.54, 1.807) is 0 Å². The van der Waals surface area contributed by atoms with Crippen LogP contribution >= 0.6 is 0 Å². The number of aliphatic hydroxyl groups is 1. The van der Waals surface area contributed by atoms with Crippen molar-refractivity contribution in [3.05, 3.63) is 10.1 Å². The Bertz CT molecular complexity index is 278. The number of esters is 2. The largest absolute Gasteiger partial charge is 0.469 e. The maximum Gasteiger partial charge on any atom is 0.316 e. The van der Waals surface area contributed by atoms with Crippen molar-refractivity contribution in [2.45, 2.75) is 25.3 Å². The molecule has 16 heavy (non-hydrogen) atoms. The average Bonchev–Trinajstić information content (AvgIpc) is 2.14. The van der Waals surface area contributed by atoms with Crippen LogP contribution in [-0.4, -0.2) is 41.5 Å². The van der Waals surface area contributed by atoms with E-state index in [9.17, 15) is 19.7 Å². The summed E-state index contributed by atoms with van der Waals surface area (Å²) in [6, 6.07) is -1.46. The van der Waals surface area contributed by atoms with Crippen LogP contribution in [0.3, 0.4) is 0 Å². The number of hydrogen-bond acceptors (Lipinski definition) is 8. The molecule has 0 aliphatic rings. The maximum atomic E-state index is 10.9. The van der Waals surface area contributed by atoms with Gasteiger partial charge in [0.25, 0.3) is 6.41 Å². The lowest BCUT2D eigenvalue weighted by atomic mass is 10.1. The molecule has 3 N–H and O–H groups in total. The first-order chi connectivity index (χ1) is 7.36. The number of methoxy groups -OCH3 is 1. The highest BCUT2D eigenvalue weighted by Gasteiger charge is 2.29. The van der Waals surface area contributed by atoms with Gasteiger partial charge < -0.3 is 14.6 Å². The van der Waals surface area contributed by atoms with Crippen LogP contribution in [0.1, 0.15) is 12.8 Å². The van der Waals surface area contributed by atoms with Gasteiger partial charge in [-0.2, -0.15) is 0 Å². The molecule has 9 nitrogen and oxygen atoms in total. The smallest absolute Gasteiger partial charge is 0.316 e. The zero-order chi connectivity index (χ0) is 12.7. The number of rotatable bonds is 6. The molecule has 0 saturated carbocycles. The number of aliphatic hydroxyl groups excluding tert-OH is 1. The standard InChI is InChI=1S/C7H12N2O7/c1-15-5(10)2-4(9(13)14)3-6(11)16-7(8)12/h4,7,12H,2-3,8H2,1H3. The van der Waals surface area contributed by atoms with Crippen LogP contribution in [0.2, 0.25) is 0 Å². The highest BCUT2D eigenvalue weighted by Crippen LogP contribution is 2.06. The Labute approximate surface area is 90.3 Å². The van der Waals surface area contributed by atoms with Gasteiger partial charge in [-0.05, 0) is 0 Å². The fraction of sp³-hybridized carbons (Fsp3) is 0.714. The predicted molar refractivity (Wildman–Crippen MR) is 48.3 cm³/mol. The summed E-state index contributed by atoms with van der Waals surface area (Å²) < 4.78 is 8.31. The number of carbonyl (C=O) groups is 2. The van der Waals surface area contributed by atoms with Crippen LogP contribution in [-0.2, 0) is 19.1 Å². The Morgan fingerprint density at radius 2 is 1.94 bits per heavy atom. The van der Waals surface area contributed by atoms with Crippen LogP contribution in [0, 0.1) is 10.1 Å². The second kappa shape index (κ2) is 6.69. The van der Waals surface area contributed by atoms with Crippen molar-refractivity contribution in [1.29, 1.82) is 0 Å². The van der Waals surface area contributed by atoms with Gasteiger partial charge in [-0.3, -0.25) is 25.4 Å². The minimum Gasteiger partial charge on any atom is -0.469 e. The van der Waals surface area contributed by atoms with Crippen molar-refractivity contribution in [2.24, 2.45) is 5.73 Å². The fourth-order valence-corrected chi connectivity index (χ4v) is 0.872. The number of nitrogens with zero attached hydrogens (tertiary/aromatic N) is 1. The SMILES string of the molecule is COC(=O)CC(CC(=O)OC(N)O)[N+](=O)[O-]. The molecule has 9 heteroatoms. The van der Waals surface area contributed by atoms with E-state index in [0.29, 0.717) is 0 Å². The van der Waals surface area contributed by atoms with Crippen molar-refractivity contribution in [1.82, 2.24) is 0 Å². The minimum atomic E-state index is -1.84. The molecule has 0 aliphatic heterocycles. The summed E-state index contributed by atoms with van der Waals surface area (Å²) in [7, 11) is 1.07. The number of nitrogens with two attached hydrogens (primary N) is 1. The monoisotopic (exact) mass is 236 g/mol. The quantitative estimate of drug-likeness (QED) is 0.242. The number of ether oxygens (including phenoxy) is 2. The average molecular weight is 236 g/mol. The number of hydrogen-bond donors (Lipinski definition) is 2. The maximum absolute atomic E-state index is 10.9. The van der Waals surface area contributed by atoms with Crippen LogP contribution in [0.25, 0.3) is 0 Å². The third-order valence-corrected chi connectivity index (χ3v) is 1.58. The van der Waals surface area contributed by atoms with Gasteiger partial charge >= 0.3 is 11.9 Å². The molecule has 0 rings (SSSR count). The Hall–Kier alpha value is -1.74. The van der Waals surface area contributed by atoms with Crippen molar-refractivity contribution < 1.29 is 29.1 Å². The molecule has 0 heterocycles. The first-order valence-electron chi connectivity index (χ1n) is 4.20. The Balaban J connectivity index is 4.28. The molecule has 0 fully saturated rings. The van der Waals surface area contributed by atoms with Gasteiger partial charge in [-0.25, -0.2) is 0 Å². The predicted octanol–water partition coefficient (Wildman–Crippen LogP) is -1.64. The molecule has 2 unspecified atom stereocenters. The number of nitro groups is 1. The van der Waals surface area contributed by atoms with Crippen LogP contribution in [0.5, 0.6) is 0 Å². The minimum absolute atomic E-state index is 0.556. The zero-order valence-electron chi connectivity index (χ0n) is 8.49. The van der Waals surface area contributed by atoms with Gasteiger partial charge in [0.1, 0.15) is 12.8 Å². The molecule has 0 aromatic rings. The molecule has 0 aromatic heterocycles. The fourth-order valence-electron chi connectivity index (χ4n) is 0.872. The van der Waals surface area contributed by atoms with E-state index in [1.807, 2.05) is 0 Å². The summed E-state index contributed by atoms with van der Waals surface area (Å²) in [5.74, 6) is -1.89. The van der Waals surface area contributed by atoms with Gasteiger partial charge in [0, 0.05) is 4.92 Å². The molecule has 0 saturated heterocycles. The highest BCUT2D eigenvalue weighted by molar-refractivity contribution is 5.73. The molecule has 0 radical (unpaired) electrons. The molecular formula is C7H12N2O7. The van der Waals surface area contributed by atoms with E-state index < -0.39 is 42.2 Å². The first kappa shape index (κ1) is 14.3. The lowest BCUT2D eigenvalue weighted by molar-refractivity contribution is -0.520. The molecule has 0 bridgehead atoms. The number of carbonyl (C=O) groups excluding carboxylic acids is 2. The lowest BCUT2D eigenvalue weighted by Crippen LogP contribution is -2.32. The zero-order valence-corrected chi connectivity index (χ0v) is 8.49. The van der Waals surface area contributed by atoms with E-state index >= 15 is 0 Å². The van der Waals surface area contributed by atoms with Crippen molar-refractivity contribution in [2.75, 3.05) is 7.11 Å². The van der Waals surface area contributed by atoms with Gasteiger partial charge in [0.05, 0.1) is 7.11 Å². The third kappa shape index (κ3) is 5.88. The van der Waals surface area contributed by atoms with Crippen molar-refractivity contribution >= 4 is 11.9 Å². The molecular weight excluding hydrogens is 224 g/mol. The van der Waals surface area contributed by atoms with E-state index in [1.165, 1.54) is 0 Å². The molecule has 0 amide bonds. The Morgan fingerprint density at radius 1 is 1.44 bits per heavy atom. The van der Waals surface area contributed by atoms with Gasteiger partial charge in [-0.1, -0.05) is 0 Å². The van der Waals surface area contributed by atoms with Crippen molar-refractivity contribution in [3.63, 3.8) is 0 Å². The highest BCUT2D eigenvalue weighted by atomic mass is 16.7. The van der Waals surface area contributed by atoms with Gasteiger partial charge in [0.2, 0.25) is 6.04 Å². The molecule has 2 atom stereocenters. The summed E-state index contributed by atoms with van der Waals surface area (Å²) >= 11 is 0. The first-order valence-corrected chi connectivity index (χ1v) is 4.20. The molecule has 0 aromatic carbocycles. The summed E-state index contributed by atoms with van der Waals surface area (Å²) in [5, 5.41) is 18.9. The van der Waals surface area contributed by atoms with Crippen molar-refractivity contribution in [3.8, 4) is 0 Å².